The predicted molar refractivity (Wildman–Crippen MR) is 70.5 cm³/mol. The Labute approximate surface area is 102 Å². The molecule has 0 spiro atoms. The van der Waals surface area contributed by atoms with E-state index in [1.165, 1.54) is 12.8 Å². The van der Waals surface area contributed by atoms with E-state index >= 15 is 0 Å². The quantitative estimate of drug-likeness (QED) is 0.618. The van der Waals surface area contributed by atoms with E-state index in [4.69, 9.17) is 11.1 Å². The molecule has 4 nitrogen and oxygen atoms in total. The molecule has 2 heterocycles. The zero-order valence-electron chi connectivity index (χ0n) is 10.5. The fourth-order valence-corrected chi connectivity index (χ4v) is 2.52. The first kappa shape index (κ1) is 11.9. The lowest BCUT2D eigenvalue weighted by Crippen LogP contribution is -2.33. The van der Waals surface area contributed by atoms with Gasteiger partial charge in [0.05, 0.1) is 11.9 Å². The predicted octanol–water partition coefficient (Wildman–Crippen LogP) is 1.99. The zero-order valence-corrected chi connectivity index (χ0v) is 10.5. The van der Waals surface area contributed by atoms with Crippen molar-refractivity contribution in [2.45, 2.75) is 32.7 Å². The Morgan fingerprint density at radius 1 is 1.53 bits per heavy atom. The van der Waals surface area contributed by atoms with Crippen LogP contribution in [0.4, 0.5) is 5.69 Å². The summed E-state index contributed by atoms with van der Waals surface area (Å²) >= 11 is 0. The first-order valence-electron chi connectivity index (χ1n) is 6.16. The molecular formula is C13H20N4. The largest absolute Gasteiger partial charge is 0.382 e. The molecule has 1 aromatic heterocycles. The third-order valence-electron chi connectivity index (χ3n) is 3.42. The lowest BCUT2D eigenvalue weighted by Gasteiger charge is -2.29. The van der Waals surface area contributed by atoms with Crippen LogP contribution in [0.3, 0.4) is 0 Å². The molecule has 0 aliphatic carbocycles. The molecule has 0 bridgehead atoms. The summed E-state index contributed by atoms with van der Waals surface area (Å²) in [7, 11) is 0. The van der Waals surface area contributed by atoms with Gasteiger partial charge in [-0.3, -0.25) is 10.4 Å². The highest BCUT2D eigenvalue weighted by Gasteiger charge is 2.27. The highest BCUT2D eigenvalue weighted by molar-refractivity contribution is 5.93. The number of hydrogen-bond donors (Lipinski definition) is 2. The van der Waals surface area contributed by atoms with Crippen molar-refractivity contribution in [3.8, 4) is 0 Å². The van der Waals surface area contributed by atoms with Crippen molar-refractivity contribution in [3.05, 3.63) is 24.0 Å². The Morgan fingerprint density at radius 3 is 2.82 bits per heavy atom. The van der Waals surface area contributed by atoms with Crippen LogP contribution in [0.15, 0.2) is 18.3 Å². The van der Waals surface area contributed by atoms with Crippen molar-refractivity contribution < 1.29 is 0 Å². The minimum atomic E-state index is 0.0263. The van der Waals surface area contributed by atoms with Gasteiger partial charge in [-0.1, -0.05) is 13.8 Å². The highest BCUT2D eigenvalue weighted by atomic mass is 15.2. The van der Waals surface area contributed by atoms with Gasteiger partial charge in [0, 0.05) is 12.6 Å². The van der Waals surface area contributed by atoms with E-state index in [9.17, 15) is 0 Å². The van der Waals surface area contributed by atoms with Gasteiger partial charge in [-0.15, -0.1) is 0 Å². The Balaban J connectivity index is 2.19. The van der Waals surface area contributed by atoms with Gasteiger partial charge in [-0.05, 0) is 30.9 Å². The summed E-state index contributed by atoms with van der Waals surface area (Å²) in [5.41, 5.74) is 7.09. The highest BCUT2D eigenvalue weighted by Crippen LogP contribution is 2.29. The average molecular weight is 232 g/mol. The minimum absolute atomic E-state index is 0.0263. The van der Waals surface area contributed by atoms with Gasteiger partial charge in [-0.25, -0.2) is 0 Å². The summed E-state index contributed by atoms with van der Waals surface area (Å²) < 4.78 is 0. The Morgan fingerprint density at radius 2 is 2.29 bits per heavy atom. The molecule has 2 rings (SSSR count). The van der Waals surface area contributed by atoms with E-state index in [2.05, 4.69) is 23.7 Å². The summed E-state index contributed by atoms with van der Waals surface area (Å²) in [6.07, 6.45) is 4.33. The van der Waals surface area contributed by atoms with Crippen LogP contribution < -0.4 is 10.6 Å². The van der Waals surface area contributed by atoms with E-state index in [0.717, 1.165) is 12.2 Å². The van der Waals surface area contributed by atoms with Gasteiger partial charge in [0.25, 0.3) is 0 Å². The van der Waals surface area contributed by atoms with Gasteiger partial charge >= 0.3 is 0 Å². The molecular weight excluding hydrogens is 212 g/mol. The van der Waals surface area contributed by atoms with Crippen molar-refractivity contribution in [1.29, 1.82) is 5.41 Å². The van der Waals surface area contributed by atoms with E-state index in [-0.39, 0.29) is 5.84 Å². The normalized spacial score (nSPS) is 19.9. The number of nitrogen functional groups attached to an aromatic ring is 1. The maximum Gasteiger partial charge on any atom is 0.141 e. The van der Waals surface area contributed by atoms with E-state index in [1.807, 2.05) is 18.3 Å². The summed E-state index contributed by atoms with van der Waals surface area (Å²) in [6, 6.07) is 4.46. The number of anilines is 1. The summed E-state index contributed by atoms with van der Waals surface area (Å²) in [6.45, 7) is 5.63. The Kier molecular flexibility index (Phi) is 3.31. The molecule has 92 valence electrons. The average Bonchev–Trinajstić information content (AvgIpc) is 2.78. The van der Waals surface area contributed by atoms with Gasteiger partial charge in [0.1, 0.15) is 11.5 Å². The third kappa shape index (κ3) is 2.40. The molecule has 1 unspecified atom stereocenters. The fraction of sp³-hybridized carbons (Fsp3) is 0.538. The number of pyridine rings is 1. The Bertz CT molecular complexity index is 396. The number of nitrogens with two attached hydrogens (primary N) is 1. The SMILES string of the molecule is CC(C)C1CCCN1c1ccc(C(=N)N)nc1. The van der Waals surface area contributed by atoms with Crippen LogP contribution in [0.5, 0.6) is 0 Å². The fourth-order valence-electron chi connectivity index (χ4n) is 2.52. The topological polar surface area (TPSA) is 66.0 Å². The molecule has 1 fully saturated rings. The lowest BCUT2D eigenvalue weighted by atomic mass is 10.0. The third-order valence-corrected chi connectivity index (χ3v) is 3.42. The molecule has 1 aliphatic heterocycles. The van der Waals surface area contributed by atoms with Crippen LogP contribution >= 0.6 is 0 Å². The first-order chi connectivity index (χ1) is 8.09. The lowest BCUT2D eigenvalue weighted by molar-refractivity contribution is 0.491. The van der Waals surface area contributed by atoms with Crippen LogP contribution in [-0.2, 0) is 0 Å². The van der Waals surface area contributed by atoms with Crippen LogP contribution in [0.2, 0.25) is 0 Å². The van der Waals surface area contributed by atoms with Crippen LogP contribution in [0.1, 0.15) is 32.4 Å². The molecule has 0 aromatic carbocycles. The minimum Gasteiger partial charge on any atom is -0.382 e. The second kappa shape index (κ2) is 4.73. The number of hydrogen-bond acceptors (Lipinski definition) is 3. The van der Waals surface area contributed by atoms with Crippen molar-refractivity contribution in [3.63, 3.8) is 0 Å². The molecule has 1 aromatic rings. The summed E-state index contributed by atoms with van der Waals surface area (Å²) in [4.78, 5) is 6.64. The molecule has 3 N–H and O–H groups in total. The number of nitrogens with zero attached hydrogens (tertiary/aromatic N) is 2. The summed E-state index contributed by atoms with van der Waals surface area (Å²) in [5.74, 6) is 0.684. The van der Waals surface area contributed by atoms with Gasteiger partial charge in [0.2, 0.25) is 0 Å². The van der Waals surface area contributed by atoms with Gasteiger partial charge in [0.15, 0.2) is 0 Å². The molecule has 17 heavy (non-hydrogen) atoms. The monoisotopic (exact) mass is 232 g/mol. The van der Waals surface area contributed by atoms with Crippen LogP contribution in [0.25, 0.3) is 0 Å². The van der Waals surface area contributed by atoms with E-state index < -0.39 is 0 Å². The molecule has 0 amide bonds. The molecule has 0 saturated carbocycles. The number of amidine groups is 1. The first-order valence-corrected chi connectivity index (χ1v) is 6.16. The number of rotatable bonds is 3. The van der Waals surface area contributed by atoms with Crippen molar-refractivity contribution in [1.82, 2.24) is 4.98 Å². The Hall–Kier alpha value is -1.58. The van der Waals surface area contributed by atoms with E-state index in [0.29, 0.717) is 17.7 Å². The van der Waals surface area contributed by atoms with Crippen molar-refractivity contribution >= 4 is 11.5 Å². The molecule has 4 heteroatoms. The van der Waals surface area contributed by atoms with Crippen molar-refractivity contribution in [2.24, 2.45) is 11.7 Å². The number of nitrogens with one attached hydrogen (secondary N) is 1. The van der Waals surface area contributed by atoms with Crippen LogP contribution in [0, 0.1) is 11.3 Å². The molecule has 1 aliphatic rings. The smallest absolute Gasteiger partial charge is 0.141 e. The van der Waals surface area contributed by atoms with Gasteiger partial charge < -0.3 is 10.6 Å². The zero-order chi connectivity index (χ0) is 12.4. The second-order valence-electron chi connectivity index (χ2n) is 4.96. The van der Waals surface area contributed by atoms with Gasteiger partial charge in [-0.2, -0.15) is 0 Å². The maximum absolute atomic E-state index is 7.32. The molecule has 1 atom stereocenters. The maximum atomic E-state index is 7.32. The molecule has 0 radical (unpaired) electrons. The standard InChI is InChI=1S/C13H20N4/c1-9(2)12-4-3-7-17(12)10-5-6-11(13(14)15)16-8-10/h5-6,8-9,12H,3-4,7H2,1-2H3,(H3,14,15). The summed E-state index contributed by atoms with van der Waals surface area (Å²) in [5, 5.41) is 7.32. The number of aromatic nitrogens is 1. The van der Waals surface area contributed by atoms with E-state index in [1.54, 1.807) is 0 Å². The van der Waals surface area contributed by atoms with Crippen molar-refractivity contribution in [2.75, 3.05) is 11.4 Å². The molecule has 1 saturated heterocycles. The van der Waals surface area contributed by atoms with Crippen LogP contribution in [-0.4, -0.2) is 23.4 Å². The second-order valence-corrected chi connectivity index (χ2v) is 4.96.